The quantitative estimate of drug-likeness (QED) is 0.403. The van der Waals surface area contributed by atoms with Crippen LogP contribution in [-0.2, 0) is 5.75 Å². The van der Waals surface area contributed by atoms with Crippen LogP contribution in [0.3, 0.4) is 0 Å². The Balaban J connectivity index is 1.63. The van der Waals surface area contributed by atoms with Gasteiger partial charge in [-0.3, -0.25) is 10.1 Å². The molecule has 8 heteroatoms. The second kappa shape index (κ2) is 8.39. The Kier molecular flexibility index (Phi) is 6.19. The van der Waals surface area contributed by atoms with Gasteiger partial charge in [0.15, 0.2) is 4.34 Å². The van der Waals surface area contributed by atoms with Gasteiger partial charge in [0.05, 0.1) is 10.6 Å². The van der Waals surface area contributed by atoms with Crippen molar-refractivity contribution in [2.75, 3.05) is 5.32 Å². The van der Waals surface area contributed by atoms with Crippen LogP contribution in [0, 0.1) is 13.8 Å². The summed E-state index contributed by atoms with van der Waals surface area (Å²) in [5.74, 6) is 0.461. The number of carbonyl (C=O) groups is 1. The minimum Gasteiger partial charge on any atom is -0.296 e. The summed E-state index contributed by atoms with van der Waals surface area (Å²) in [4.78, 5) is 12.3. The van der Waals surface area contributed by atoms with Crippen molar-refractivity contribution in [1.29, 1.82) is 0 Å². The maximum absolute atomic E-state index is 12.3. The molecule has 3 rings (SSSR count). The zero-order valence-electron chi connectivity index (χ0n) is 14.0. The summed E-state index contributed by atoms with van der Waals surface area (Å²) in [5, 5.41) is 12.1. The maximum Gasteiger partial charge on any atom is 0.259 e. The first-order valence-electron chi connectivity index (χ1n) is 7.70. The Morgan fingerprint density at radius 3 is 2.54 bits per heavy atom. The number of aryl methyl sites for hydroxylation is 2. The third-order valence-corrected chi connectivity index (χ3v) is 6.04. The monoisotopic (exact) mass is 423 g/mol. The van der Waals surface area contributed by atoms with E-state index in [1.54, 1.807) is 23.9 Å². The molecule has 0 atom stereocenters. The number of carbonyl (C=O) groups excluding carboxylic acids is 1. The van der Waals surface area contributed by atoms with Crippen LogP contribution < -0.4 is 5.32 Å². The van der Waals surface area contributed by atoms with Crippen molar-refractivity contribution >= 4 is 57.3 Å². The number of anilines is 1. The van der Waals surface area contributed by atoms with Crippen molar-refractivity contribution < 1.29 is 4.79 Å². The van der Waals surface area contributed by atoms with Gasteiger partial charge in [-0.05, 0) is 37.6 Å². The van der Waals surface area contributed by atoms with Gasteiger partial charge in [0.1, 0.15) is 0 Å². The number of nitrogens with zero attached hydrogens (tertiary/aromatic N) is 2. The number of nitrogens with one attached hydrogen (secondary N) is 1. The van der Waals surface area contributed by atoms with Gasteiger partial charge in [-0.2, -0.15) is 0 Å². The molecule has 4 nitrogen and oxygen atoms in total. The van der Waals surface area contributed by atoms with Gasteiger partial charge >= 0.3 is 0 Å². The van der Waals surface area contributed by atoms with Gasteiger partial charge in [-0.25, -0.2) is 0 Å². The molecule has 0 radical (unpaired) electrons. The highest BCUT2D eigenvalue weighted by Crippen LogP contribution is 2.29. The number of hydrogen-bond donors (Lipinski definition) is 1. The topological polar surface area (TPSA) is 54.9 Å². The zero-order chi connectivity index (χ0) is 18.7. The average Bonchev–Trinajstić information content (AvgIpc) is 2.99. The second-order valence-corrected chi connectivity index (χ2v) is 8.78. The second-order valence-electron chi connectivity index (χ2n) is 5.74. The molecule has 26 heavy (non-hydrogen) atoms. The van der Waals surface area contributed by atoms with Crippen LogP contribution in [0.1, 0.15) is 27.0 Å². The van der Waals surface area contributed by atoms with Gasteiger partial charge in [-0.1, -0.05) is 75.6 Å². The van der Waals surface area contributed by atoms with Gasteiger partial charge in [0.2, 0.25) is 5.13 Å². The Morgan fingerprint density at radius 1 is 1.12 bits per heavy atom. The summed E-state index contributed by atoms with van der Waals surface area (Å²) in [6, 6.07) is 11.2. The number of rotatable bonds is 5. The summed E-state index contributed by atoms with van der Waals surface area (Å²) < 4.78 is 0.793. The Hall–Kier alpha value is -1.60. The first kappa shape index (κ1) is 19.2. The number of halogens is 2. The minimum absolute atomic E-state index is 0.295. The first-order valence-corrected chi connectivity index (χ1v) is 10.3. The molecule has 0 unspecified atom stereocenters. The molecule has 1 aromatic heterocycles. The van der Waals surface area contributed by atoms with Crippen LogP contribution in [0.4, 0.5) is 5.13 Å². The van der Waals surface area contributed by atoms with E-state index < -0.39 is 0 Å². The SMILES string of the molecule is Cc1cc(C)cc(CSc2nnc(NC(=O)c3ccc(Cl)cc3Cl)s2)c1. The maximum atomic E-state index is 12.3. The average molecular weight is 424 g/mol. The molecule has 0 spiro atoms. The van der Waals surface area contributed by atoms with Crippen molar-refractivity contribution in [3.63, 3.8) is 0 Å². The van der Waals surface area contributed by atoms with E-state index in [9.17, 15) is 4.79 Å². The fourth-order valence-corrected chi connectivity index (χ4v) is 4.63. The number of amides is 1. The fourth-order valence-electron chi connectivity index (χ4n) is 2.45. The number of hydrogen-bond acceptors (Lipinski definition) is 5. The summed E-state index contributed by atoms with van der Waals surface area (Å²) in [6.07, 6.45) is 0. The van der Waals surface area contributed by atoms with Crippen molar-refractivity contribution in [1.82, 2.24) is 10.2 Å². The van der Waals surface area contributed by atoms with E-state index in [1.165, 1.54) is 34.1 Å². The summed E-state index contributed by atoms with van der Waals surface area (Å²) in [7, 11) is 0. The van der Waals surface area contributed by atoms with Crippen molar-refractivity contribution in [2.45, 2.75) is 23.9 Å². The van der Waals surface area contributed by atoms with Crippen LogP contribution >= 0.6 is 46.3 Å². The van der Waals surface area contributed by atoms with E-state index in [1.807, 2.05) is 0 Å². The Labute approximate surface area is 169 Å². The van der Waals surface area contributed by atoms with Crippen LogP contribution in [0.5, 0.6) is 0 Å². The van der Waals surface area contributed by atoms with E-state index in [2.05, 4.69) is 47.6 Å². The molecule has 3 aromatic rings. The van der Waals surface area contributed by atoms with Gasteiger partial charge in [0.25, 0.3) is 5.91 Å². The van der Waals surface area contributed by atoms with Gasteiger partial charge in [-0.15, -0.1) is 10.2 Å². The molecule has 0 saturated heterocycles. The molecule has 134 valence electrons. The van der Waals surface area contributed by atoms with Crippen molar-refractivity contribution in [3.05, 3.63) is 68.7 Å². The number of aromatic nitrogens is 2. The lowest BCUT2D eigenvalue weighted by Crippen LogP contribution is -2.12. The third-order valence-electron chi connectivity index (χ3n) is 3.45. The largest absolute Gasteiger partial charge is 0.296 e. The standard InChI is InChI=1S/C18H15Cl2N3OS2/c1-10-5-11(2)7-12(6-10)9-25-18-23-22-17(26-18)21-16(24)14-4-3-13(19)8-15(14)20/h3-8H,9H2,1-2H3,(H,21,22,24). The molecular formula is C18H15Cl2N3OS2. The molecule has 0 aliphatic carbocycles. The van der Waals surface area contributed by atoms with Gasteiger partial charge < -0.3 is 0 Å². The summed E-state index contributed by atoms with van der Waals surface area (Å²) in [5.41, 5.74) is 4.06. The van der Waals surface area contributed by atoms with E-state index in [-0.39, 0.29) is 5.91 Å². The fraction of sp³-hybridized carbons (Fsp3) is 0.167. The molecule has 1 heterocycles. The lowest BCUT2D eigenvalue weighted by atomic mass is 10.1. The molecule has 0 fully saturated rings. The molecule has 0 saturated carbocycles. The van der Waals surface area contributed by atoms with Crippen molar-refractivity contribution in [3.8, 4) is 0 Å². The summed E-state index contributed by atoms with van der Waals surface area (Å²) >= 11 is 14.8. The van der Waals surface area contributed by atoms with Crippen LogP contribution in [0.25, 0.3) is 0 Å². The molecule has 0 aliphatic rings. The minimum atomic E-state index is -0.339. The number of thioether (sulfide) groups is 1. The molecule has 2 aromatic carbocycles. The third kappa shape index (κ3) is 4.98. The first-order chi connectivity index (χ1) is 12.4. The van der Waals surface area contributed by atoms with Crippen LogP contribution in [0.15, 0.2) is 40.7 Å². The van der Waals surface area contributed by atoms with Crippen molar-refractivity contribution in [2.24, 2.45) is 0 Å². The molecular weight excluding hydrogens is 409 g/mol. The summed E-state index contributed by atoms with van der Waals surface area (Å²) in [6.45, 7) is 4.17. The smallest absolute Gasteiger partial charge is 0.259 e. The molecule has 1 N–H and O–H groups in total. The number of benzene rings is 2. The zero-order valence-corrected chi connectivity index (χ0v) is 17.2. The predicted octanol–water partition coefficient (Wildman–Crippen LogP) is 6.01. The highest BCUT2D eigenvalue weighted by atomic mass is 35.5. The van der Waals surface area contributed by atoms with E-state index in [0.29, 0.717) is 20.7 Å². The highest BCUT2D eigenvalue weighted by Gasteiger charge is 2.14. The molecule has 0 bridgehead atoms. The lowest BCUT2D eigenvalue weighted by molar-refractivity contribution is 0.102. The van der Waals surface area contributed by atoms with Gasteiger partial charge in [0, 0.05) is 10.8 Å². The van der Waals surface area contributed by atoms with E-state index >= 15 is 0 Å². The molecule has 1 amide bonds. The lowest BCUT2D eigenvalue weighted by Gasteiger charge is -2.04. The Morgan fingerprint density at radius 2 is 1.85 bits per heavy atom. The van der Waals surface area contributed by atoms with E-state index in [0.717, 1.165) is 10.1 Å². The van der Waals surface area contributed by atoms with Crippen LogP contribution in [0.2, 0.25) is 10.0 Å². The predicted molar refractivity (Wildman–Crippen MR) is 110 cm³/mol. The van der Waals surface area contributed by atoms with E-state index in [4.69, 9.17) is 23.2 Å². The molecule has 0 aliphatic heterocycles. The van der Waals surface area contributed by atoms with Crippen LogP contribution in [-0.4, -0.2) is 16.1 Å². The normalized spacial score (nSPS) is 10.8. The Bertz CT molecular complexity index is 939. The highest BCUT2D eigenvalue weighted by molar-refractivity contribution is 8.00.